The van der Waals surface area contributed by atoms with Crippen molar-refractivity contribution in [1.82, 2.24) is 5.32 Å². The fourth-order valence-electron chi connectivity index (χ4n) is 0.731. The summed E-state index contributed by atoms with van der Waals surface area (Å²) in [6.07, 6.45) is 0.507. The molecule has 1 amide bonds. The predicted molar refractivity (Wildman–Crippen MR) is 39.6 cm³/mol. The lowest BCUT2D eigenvalue weighted by atomic mass is 9.89. The van der Waals surface area contributed by atoms with Gasteiger partial charge < -0.3 is 10.4 Å². The van der Waals surface area contributed by atoms with Gasteiger partial charge in [-0.1, -0.05) is 13.8 Å². The molecule has 3 nitrogen and oxygen atoms in total. The minimum Gasteiger partial charge on any atom is -0.396 e. The molecule has 0 aromatic rings. The van der Waals surface area contributed by atoms with Crippen LogP contribution in [0.1, 0.15) is 20.3 Å². The molecule has 0 rings (SSSR count). The molecular formula is C7H15NO2. The van der Waals surface area contributed by atoms with Crippen LogP contribution in [0.25, 0.3) is 0 Å². The third-order valence-corrected chi connectivity index (χ3v) is 1.58. The van der Waals surface area contributed by atoms with Gasteiger partial charge in [0.25, 0.3) is 0 Å². The molecule has 0 radical (unpaired) electrons. The number of aliphatic hydroxyl groups excluding tert-OH is 1. The lowest BCUT2D eigenvalue weighted by Crippen LogP contribution is -2.35. The monoisotopic (exact) mass is 145 g/mol. The first-order chi connectivity index (χ1) is 4.54. The summed E-state index contributed by atoms with van der Waals surface area (Å²) in [6.45, 7) is 3.67. The Labute approximate surface area is 61.4 Å². The van der Waals surface area contributed by atoms with E-state index in [0.29, 0.717) is 6.42 Å². The Balaban J connectivity index is 3.96. The van der Waals surface area contributed by atoms with Gasteiger partial charge in [0.2, 0.25) is 5.91 Å². The van der Waals surface area contributed by atoms with Crippen LogP contribution in [0.15, 0.2) is 0 Å². The van der Waals surface area contributed by atoms with E-state index in [1.807, 2.05) is 13.8 Å². The molecule has 10 heavy (non-hydrogen) atoms. The number of amides is 1. The first-order valence-corrected chi connectivity index (χ1v) is 3.37. The van der Waals surface area contributed by atoms with E-state index >= 15 is 0 Å². The summed E-state index contributed by atoms with van der Waals surface area (Å²) in [6, 6.07) is 0. The first-order valence-electron chi connectivity index (χ1n) is 3.37. The van der Waals surface area contributed by atoms with Gasteiger partial charge in [-0.25, -0.2) is 0 Å². The Hall–Kier alpha value is -0.570. The highest BCUT2D eigenvalue weighted by molar-refractivity contribution is 5.81. The molecule has 0 fully saturated rings. The fraction of sp³-hybridized carbons (Fsp3) is 0.857. The minimum absolute atomic E-state index is 0.0263. The molecule has 0 aromatic heterocycles. The lowest BCUT2D eigenvalue weighted by Gasteiger charge is -2.20. The molecule has 0 unspecified atom stereocenters. The maximum atomic E-state index is 11.0. The molecule has 0 heterocycles. The zero-order valence-corrected chi connectivity index (χ0v) is 6.77. The summed E-state index contributed by atoms with van der Waals surface area (Å²) >= 11 is 0. The van der Waals surface area contributed by atoms with Crippen molar-refractivity contribution < 1.29 is 9.90 Å². The quantitative estimate of drug-likeness (QED) is 0.593. The number of hydrogen-bond acceptors (Lipinski definition) is 2. The van der Waals surface area contributed by atoms with Crippen LogP contribution < -0.4 is 5.32 Å². The van der Waals surface area contributed by atoms with Gasteiger partial charge in [0.1, 0.15) is 0 Å². The summed E-state index contributed by atoms with van der Waals surface area (Å²) in [5.74, 6) is -0.0263. The van der Waals surface area contributed by atoms with E-state index in [1.165, 1.54) is 0 Å². The molecule has 0 aromatic carbocycles. The van der Waals surface area contributed by atoms with Gasteiger partial charge in [0.05, 0.1) is 0 Å². The topological polar surface area (TPSA) is 49.3 Å². The van der Waals surface area contributed by atoms with E-state index in [1.54, 1.807) is 7.05 Å². The molecule has 3 heteroatoms. The lowest BCUT2D eigenvalue weighted by molar-refractivity contribution is -0.129. The average Bonchev–Trinajstić information content (AvgIpc) is 1.86. The van der Waals surface area contributed by atoms with Gasteiger partial charge in [0, 0.05) is 19.1 Å². The highest BCUT2D eigenvalue weighted by Gasteiger charge is 2.25. The molecule has 0 saturated heterocycles. The van der Waals surface area contributed by atoms with Crippen molar-refractivity contribution in [1.29, 1.82) is 0 Å². The van der Waals surface area contributed by atoms with Crippen LogP contribution in [0.3, 0.4) is 0 Å². The van der Waals surface area contributed by atoms with Crippen molar-refractivity contribution in [2.45, 2.75) is 20.3 Å². The number of nitrogens with one attached hydrogen (secondary N) is 1. The molecule has 0 bridgehead atoms. The zero-order chi connectivity index (χ0) is 8.20. The minimum atomic E-state index is -0.441. The molecule has 0 aliphatic rings. The third-order valence-electron chi connectivity index (χ3n) is 1.58. The Morgan fingerprint density at radius 2 is 2.10 bits per heavy atom. The number of rotatable bonds is 3. The van der Waals surface area contributed by atoms with Crippen LogP contribution in [0, 0.1) is 5.41 Å². The molecule has 60 valence electrons. The first kappa shape index (κ1) is 9.43. The Bertz CT molecular complexity index is 121. The maximum absolute atomic E-state index is 11.0. The van der Waals surface area contributed by atoms with Crippen LogP contribution in [0.2, 0.25) is 0 Å². The van der Waals surface area contributed by atoms with Crippen molar-refractivity contribution >= 4 is 5.91 Å². The van der Waals surface area contributed by atoms with E-state index in [4.69, 9.17) is 5.11 Å². The smallest absolute Gasteiger partial charge is 0.225 e. The van der Waals surface area contributed by atoms with Crippen LogP contribution in [-0.2, 0) is 4.79 Å². The molecule has 2 N–H and O–H groups in total. The van der Waals surface area contributed by atoms with Gasteiger partial charge in [-0.15, -0.1) is 0 Å². The standard InChI is InChI=1S/C7H15NO2/c1-7(2,4-5-9)6(10)8-3/h9H,4-5H2,1-3H3,(H,8,10). The highest BCUT2D eigenvalue weighted by atomic mass is 16.3. The zero-order valence-electron chi connectivity index (χ0n) is 6.77. The number of carbonyl (C=O) groups is 1. The number of carbonyl (C=O) groups excluding carboxylic acids is 1. The van der Waals surface area contributed by atoms with E-state index in [0.717, 1.165) is 0 Å². The van der Waals surface area contributed by atoms with E-state index in [2.05, 4.69) is 5.32 Å². The van der Waals surface area contributed by atoms with Crippen LogP contribution >= 0.6 is 0 Å². The second-order valence-corrected chi connectivity index (χ2v) is 2.94. The summed E-state index contributed by atoms with van der Waals surface area (Å²) in [4.78, 5) is 11.0. The predicted octanol–water partition coefficient (Wildman–Crippen LogP) is 0.141. The molecule has 0 saturated carbocycles. The third kappa shape index (κ3) is 2.35. The van der Waals surface area contributed by atoms with Crippen molar-refractivity contribution in [3.63, 3.8) is 0 Å². The van der Waals surface area contributed by atoms with Gasteiger partial charge in [0.15, 0.2) is 0 Å². The molecule has 0 aliphatic carbocycles. The van der Waals surface area contributed by atoms with Crippen molar-refractivity contribution in [2.24, 2.45) is 5.41 Å². The summed E-state index contributed by atoms with van der Waals surface area (Å²) in [5, 5.41) is 11.1. The Kier molecular flexibility index (Phi) is 3.36. The summed E-state index contributed by atoms with van der Waals surface area (Å²) in [5.41, 5.74) is -0.441. The Morgan fingerprint density at radius 1 is 1.60 bits per heavy atom. The van der Waals surface area contributed by atoms with Gasteiger partial charge >= 0.3 is 0 Å². The van der Waals surface area contributed by atoms with Crippen LogP contribution in [0.4, 0.5) is 0 Å². The van der Waals surface area contributed by atoms with Gasteiger partial charge in [-0.2, -0.15) is 0 Å². The van der Waals surface area contributed by atoms with E-state index in [9.17, 15) is 4.79 Å². The van der Waals surface area contributed by atoms with Crippen molar-refractivity contribution in [3.05, 3.63) is 0 Å². The van der Waals surface area contributed by atoms with Crippen molar-refractivity contribution in [3.8, 4) is 0 Å². The SMILES string of the molecule is CNC(=O)C(C)(C)CCO. The number of aliphatic hydroxyl groups is 1. The van der Waals surface area contributed by atoms with Gasteiger partial charge in [-0.3, -0.25) is 4.79 Å². The Morgan fingerprint density at radius 3 is 2.40 bits per heavy atom. The second-order valence-electron chi connectivity index (χ2n) is 2.94. The molecule has 0 spiro atoms. The largest absolute Gasteiger partial charge is 0.396 e. The molecule has 0 aliphatic heterocycles. The maximum Gasteiger partial charge on any atom is 0.225 e. The van der Waals surface area contributed by atoms with Crippen LogP contribution in [-0.4, -0.2) is 24.7 Å². The summed E-state index contributed by atoms with van der Waals surface area (Å²) < 4.78 is 0. The van der Waals surface area contributed by atoms with E-state index < -0.39 is 5.41 Å². The summed E-state index contributed by atoms with van der Waals surface area (Å²) in [7, 11) is 1.60. The highest BCUT2D eigenvalue weighted by Crippen LogP contribution is 2.18. The van der Waals surface area contributed by atoms with Crippen LogP contribution in [0.5, 0.6) is 0 Å². The molecular weight excluding hydrogens is 130 g/mol. The normalized spacial score (nSPS) is 11.2. The van der Waals surface area contributed by atoms with Gasteiger partial charge in [-0.05, 0) is 6.42 Å². The fourth-order valence-corrected chi connectivity index (χ4v) is 0.731. The average molecular weight is 145 g/mol. The number of hydrogen-bond donors (Lipinski definition) is 2. The molecule has 0 atom stereocenters. The van der Waals surface area contributed by atoms with E-state index in [-0.39, 0.29) is 12.5 Å². The van der Waals surface area contributed by atoms with Crippen molar-refractivity contribution in [2.75, 3.05) is 13.7 Å². The second kappa shape index (κ2) is 3.56.